The minimum atomic E-state index is -0.0857. The van der Waals surface area contributed by atoms with Gasteiger partial charge in [-0.3, -0.25) is 10.4 Å². The van der Waals surface area contributed by atoms with E-state index < -0.39 is 0 Å². The molecule has 7 nitrogen and oxygen atoms in total. The predicted octanol–water partition coefficient (Wildman–Crippen LogP) is 2.89. The molecule has 26 heavy (non-hydrogen) atoms. The molecular weight excluding hydrogens is 346 g/mol. The third kappa shape index (κ3) is 2.60. The van der Waals surface area contributed by atoms with Crippen LogP contribution in [0, 0.1) is 6.92 Å². The summed E-state index contributed by atoms with van der Waals surface area (Å²) in [6, 6.07) is 12.0. The van der Waals surface area contributed by atoms with Crippen molar-refractivity contribution in [3.05, 3.63) is 65.3 Å². The van der Waals surface area contributed by atoms with Gasteiger partial charge in [-0.2, -0.15) is 9.47 Å². The van der Waals surface area contributed by atoms with Gasteiger partial charge in [0, 0.05) is 17.3 Å². The van der Waals surface area contributed by atoms with Crippen LogP contribution in [0.5, 0.6) is 0 Å². The molecule has 4 heterocycles. The number of allylic oxidation sites excluding steroid dienone is 1. The van der Waals surface area contributed by atoms with E-state index in [9.17, 15) is 0 Å². The summed E-state index contributed by atoms with van der Waals surface area (Å²) in [4.78, 5) is 5.39. The summed E-state index contributed by atoms with van der Waals surface area (Å²) in [6.07, 6.45) is 5.75. The molecule has 1 unspecified atom stereocenters. The van der Waals surface area contributed by atoms with Gasteiger partial charge in [0.05, 0.1) is 16.1 Å². The molecular formula is C18H15N7S. The van der Waals surface area contributed by atoms with Crippen LogP contribution in [-0.2, 0) is 0 Å². The molecule has 3 aromatic rings. The molecule has 0 bridgehead atoms. The summed E-state index contributed by atoms with van der Waals surface area (Å²) >= 11 is 1.45. The summed E-state index contributed by atoms with van der Waals surface area (Å²) in [7, 11) is 0. The smallest absolute Gasteiger partial charge is 0.243 e. The Labute approximate surface area is 153 Å². The quantitative estimate of drug-likeness (QED) is 0.734. The molecule has 2 aromatic heterocycles. The first-order valence-electron chi connectivity index (χ1n) is 8.21. The molecule has 0 saturated carbocycles. The van der Waals surface area contributed by atoms with Crippen molar-refractivity contribution in [2.45, 2.75) is 13.1 Å². The fraction of sp³-hybridized carbons (Fsp3) is 0.111. The van der Waals surface area contributed by atoms with Gasteiger partial charge in [-0.05, 0) is 60.9 Å². The van der Waals surface area contributed by atoms with Gasteiger partial charge < -0.3 is 5.32 Å². The molecule has 1 atom stereocenters. The number of rotatable bonds is 2. The second-order valence-electron chi connectivity index (χ2n) is 6.07. The Morgan fingerprint density at radius 3 is 3.08 bits per heavy atom. The zero-order chi connectivity index (χ0) is 17.5. The second kappa shape index (κ2) is 5.92. The molecule has 2 aliphatic heterocycles. The Kier molecular flexibility index (Phi) is 3.42. The third-order valence-electron chi connectivity index (χ3n) is 4.17. The highest BCUT2D eigenvalue weighted by Crippen LogP contribution is 2.22. The Morgan fingerprint density at radius 2 is 2.19 bits per heavy atom. The molecule has 0 spiro atoms. The highest BCUT2D eigenvalue weighted by molar-refractivity contribution is 7.08. The minimum Gasteiger partial charge on any atom is -0.323 e. The molecule has 0 saturated heterocycles. The van der Waals surface area contributed by atoms with Gasteiger partial charge in [-0.25, -0.2) is 5.01 Å². The number of aryl methyl sites for hydroxylation is 1. The summed E-state index contributed by atoms with van der Waals surface area (Å²) < 4.78 is 4.33. The van der Waals surface area contributed by atoms with E-state index in [2.05, 4.69) is 31.3 Å². The van der Waals surface area contributed by atoms with E-state index in [1.165, 1.54) is 11.5 Å². The molecule has 0 fully saturated rings. The van der Waals surface area contributed by atoms with E-state index in [1.807, 2.05) is 54.4 Å². The number of pyridine rings is 1. The molecule has 8 heteroatoms. The van der Waals surface area contributed by atoms with Crippen molar-refractivity contribution >= 4 is 39.8 Å². The number of benzene rings is 1. The number of nitrogens with zero attached hydrogens (tertiary/aromatic N) is 5. The zero-order valence-corrected chi connectivity index (χ0v) is 14.7. The van der Waals surface area contributed by atoms with Gasteiger partial charge >= 0.3 is 0 Å². The van der Waals surface area contributed by atoms with Crippen molar-refractivity contribution in [2.75, 3.05) is 5.32 Å². The van der Waals surface area contributed by atoms with Crippen LogP contribution in [-0.4, -0.2) is 32.2 Å². The van der Waals surface area contributed by atoms with Crippen molar-refractivity contribution in [3.63, 3.8) is 0 Å². The van der Waals surface area contributed by atoms with Gasteiger partial charge in [0.2, 0.25) is 5.96 Å². The SMILES string of the molecule is Cc1cc(C2=NN3C(Nc4ccc5ncccc5c4)=NNC3C=C2)sn1. The van der Waals surface area contributed by atoms with Crippen LogP contribution in [0.1, 0.15) is 10.6 Å². The first kappa shape index (κ1) is 15.0. The lowest BCUT2D eigenvalue weighted by molar-refractivity contribution is 0.364. The zero-order valence-electron chi connectivity index (χ0n) is 13.9. The molecule has 128 valence electrons. The van der Waals surface area contributed by atoms with Gasteiger partial charge in [0.15, 0.2) is 6.17 Å². The highest BCUT2D eigenvalue weighted by Gasteiger charge is 2.29. The van der Waals surface area contributed by atoms with Crippen molar-refractivity contribution in [2.24, 2.45) is 10.2 Å². The van der Waals surface area contributed by atoms with Gasteiger partial charge in [-0.15, -0.1) is 5.10 Å². The molecule has 2 N–H and O–H groups in total. The van der Waals surface area contributed by atoms with Crippen LogP contribution in [0.4, 0.5) is 5.69 Å². The monoisotopic (exact) mass is 361 g/mol. The Bertz CT molecular complexity index is 1080. The van der Waals surface area contributed by atoms with Crippen molar-refractivity contribution < 1.29 is 0 Å². The van der Waals surface area contributed by atoms with Gasteiger partial charge in [0.25, 0.3) is 0 Å². The summed E-state index contributed by atoms with van der Waals surface area (Å²) in [6.45, 7) is 1.98. The molecule has 1 aromatic carbocycles. The van der Waals surface area contributed by atoms with E-state index in [-0.39, 0.29) is 6.17 Å². The summed E-state index contributed by atoms with van der Waals surface area (Å²) in [5.74, 6) is 0.654. The van der Waals surface area contributed by atoms with Crippen LogP contribution in [0.3, 0.4) is 0 Å². The Hall–Kier alpha value is -3.26. The maximum atomic E-state index is 4.73. The Balaban J connectivity index is 1.42. The number of nitrogens with one attached hydrogen (secondary N) is 2. The van der Waals surface area contributed by atoms with E-state index in [0.29, 0.717) is 5.96 Å². The van der Waals surface area contributed by atoms with Gasteiger partial charge in [0.1, 0.15) is 5.71 Å². The summed E-state index contributed by atoms with van der Waals surface area (Å²) in [5.41, 5.74) is 6.86. The van der Waals surface area contributed by atoms with Crippen LogP contribution in [0.2, 0.25) is 0 Å². The first-order chi connectivity index (χ1) is 12.8. The fourth-order valence-corrected chi connectivity index (χ4v) is 3.63. The number of aromatic nitrogens is 2. The molecule has 2 aliphatic rings. The number of fused-ring (bicyclic) bond motifs is 2. The number of guanidine groups is 1. The maximum Gasteiger partial charge on any atom is 0.243 e. The average Bonchev–Trinajstić information content (AvgIpc) is 3.28. The minimum absolute atomic E-state index is 0.0857. The third-order valence-corrected chi connectivity index (χ3v) is 5.08. The molecule has 0 aliphatic carbocycles. The van der Waals surface area contributed by atoms with Crippen molar-refractivity contribution in [1.82, 2.24) is 19.8 Å². The number of anilines is 1. The van der Waals surface area contributed by atoms with Gasteiger partial charge in [-0.1, -0.05) is 6.07 Å². The topological polar surface area (TPSA) is 77.8 Å². The van der Waals surface area contributed by atoms with Crippen LogP contribution < -0.4 is 10.7 Å². The summed E-state index contributed by atoms with van der Waals surface area (Å²) in [5, 5.41) is 15.4. The fourth-order valence-electron chi connectivity index (χ4n) is 2.91. The van der Waals surface area contributed by atoms with Crippen LogP contribution in [0.25, 0.3) is 10.9 Å². The highest BCUT2D eigenvalue weighted by atomic mass is 32.1. The lowest BCUT2D eigenvalue weighted by Gasteiger charge is -2.23. The standard InChI is InChI=1S/C18H15N7S/c1-11-9-16(26-24-11)15-6-7-17-21-22-18(25(17)23-15)20-13-4-5-14-12(10-13)3-2-8-19-14/h2-10,17,21H,1H3,(H,20,22). The predicted molar refractivity (Wildman–Crippen MR) is 104 cm³/mol. The largest absolute Gasteiger partial charge is 0.323 e. The van der Waals surface area contributed by atoms with Crippen LogP contribution in [0.15, 0.2) is 64.9 Å². The molecule has 0 amide bonds. The first-order valence-corrected chi connectivity index (χ1v) is 8.98. The average molecular weight is 361 g/mol. The van der Waals surface area contributed by atoms with E-state index in [0.717, 1.165) is 32.9 Å². The lowest BCUT2D eigenvalue weighted by Crippen LogP contribution is -2.40. The van der Waals surface area contributed by atoms with Crippen LogP contribution >= 0.6 is 11.5 Å². The molecule has 5 rings (SSSR count). The molecule has 0 radical (unpaired) electrons. The van der Waals surface area contributed by atoms with E-state index in [1.54, 1.807) is 6.20 Å². The Morgan fingerprint density at radius 1 is 1.23 bits per heavy atom. The normalized spacial score (nSPS) is 18.3. The number of hydrazone groups is 2. The number of hydrogen-bond donors (Lipinski definition) is 2. The maximum absolute atomic E-state index is 4.73. The number of hydrogen-bond acceptors (Lipinski definition) is 8. The van der Waals surface area contributed by atoms with E-state index >= 15 is 0 Å². The van der Waals surface area contributed by atoms with Crippen molar-refractivity contribution in [1.29, 1.82) is 0 Å². The lowest BCUT2D eigenvalue weighted by atomic mass is 10.2. The van der Waals surface area contributed by atoms with Crippen molar-refractivity contribution in [3.8, 4) is 0 Å². The van der Waals surface area contributed by atoms with E-state index in [4.69, 9.17) is 5.10 Å². The second-order valence-corrected chi connectivity index (χ2v) is 6.87.